The van der Waals surface area contributed by atoms with Crippen molar-refractivity contribution in [2.24, 2.45) is 0 Å². The Bertz CT molecular complexity index is 751. The highest BCUT2D eigenvalue weighted by Crippen LogP contribution is 2.33. The van der Waals surface area contributed by atoms with Gasteiger partial charge in [-0.3, -0.25) is 9.69 Å². The molecule has 2 saturated heterocycles. The molecule has 2 fully saturated rings. The van der Waals surface area contributed by atoms with Crippen molar-refractivity contribution >= 4 is 16.9 Å². The third-order valence-corrected chi connectivity index (χ3v) is 5.47. The molecule has 0 aromatic carbocycles. The van der Waals surface area contributed by atoms with Gasteiger partial charge in [-0.1, -0.05) is 0 Å². The minimum Gasteiger partial charge on any atom is -0.379 e. The molecule has 25 heavy (non-hydrogen) atoms. The average Bonchev–Trinajstić information content (AvgIpc) is 3.01. The first-order chi connectivity index (χ1) is 12.2. The molecule has 134 valence electrons. The second-order valence-electron chi connectivity index (χ2n) is 7.11. The summed E-state index contributed by atoms with van der Waals surface area (Å²) in [4.78, 5) is 24.4. The van der Waals surface area contributed by atoms with Gasteiger partial charge in [0.05, 0.1) is 13.2 Å². The number of ether oxygens (including phenoxy) is 1. The lowest BCUT2D eigenvalue weighted by Crippen LogP contribution is -2.38. The standard InChI is InChI=1S/C19H26N4O2/c1-14(24)23-7-3-4-15(12-23)18-17(13-22-8-10-25-11-9-22)16-5-2-6-20-19(16)21-18/h2,5-6,15H,3-4,7-13H2,1H3,(H,20,21). The Morgan fingerprint density at radius 3 is 3.00 bits per heavy atom. The van der Waals surface area contributed by atoms with E-state index in [4.69, 9.17) is 4.74 Å². The lowest BCUT2D eigenvalue weighted by Gasteiger charge is -2.33. The van der Waals surface area contributed by atoms with Crippen molar-refractivity contribution in [2.75, 3.05) is 39.4 Å². The van der Waals surface area contributed by atoms with E-state index in [0.717, 1.165) is 64.4 Å². The molecular weight excluding hydrogens is 316 g/mol. The monoisotopic (exact) mass is 342 g/mol. The van der Waals surface area contributed by atoms with E-state index in [1.807, 2.05) is 17.2 Å². The predicted octanol–water partition coefficient (Wildman–Crippen LogP) is 2.12. The number of piperidine rings is 1. The van der Waals surface area contributed by atoms with E-state index >= 15 is 0 Å². The maximum Gasteiger partial charge on any atom is 0.219 e. The third kappa shape index (κ3) is 3.41. The van der Waals surface area contributed by atoms with Gasteiger partial charge in [0.15, 0.2) is 0 Å². The zero-order valence-corrected chi connectivity index (χ0v) is 14.8. The second-order valence-corrected chi connectivity index (χ2v) is 7.11. The van der Waals surface area contributed by atoms with Crippen LogP contribution in [-0.4, -0.2) is 65.1 Å². The van der Waals surface area contributed by atoms with Crippen molar-refractivity contribution < 1.29 is 9.53 Å². The largest absolute Gasteiger partial charge is 0.379 e. The first kappa shape index (κ1) is 16.5. The Labute approximate surface area is 148 Å². The van der Waals surface area contributed by atoms with Gasteiger partial charge in [-0.05, 0) is 30.5 Å². The quantitative estimate of drug-likeness (QED) is 0.928. The van der Waals surface area contributed by atoms with Gasteiger partial charge in [-0.25, -0.2) is 4.98 Å². The first-order valence-corrected chi connectivity index (χ1v) is 9.23. The Morgan fingerprint density at radius 1 is 1.36 bits per heavy atom. The fourth-order valence-electron chi connectivity index (χ4n) is 4.10. The van der Waals surface area contributed by atoms with Gasteiger partial charge in [0.25, 0.3) is 0 Å². The summed E-state index contributed by atoms with van der Waals surface area (Å²) in [5.74, 6) is 0.538. The van der Waals surface area contributed by atoms with Crippen LogP contribution in [0.4, 0.5) is 0 Å². The number of rotatable bonds is 3. The molecule has 0 bridgehead atoms. The highest BCUT2D eigenvalue weighted by Gasteiger charge is 2.28. The van der Waals surface area contributed by atoms with E-state index in [9.17, 15) is 4.79 Å². The molecule has 1 amide bonds. The number of fused-ring (bicyclic) bond motifs is 1. The molecule has 4 heterocycles. The van der Waals surface area contributed by atoms with E-state index < -0.39 is 0 Å². The maximum atomic E-state index is 11.8. The van der Waals surface area contributed by atoms with Crippen LogP contribution in [0.25, 0.3) is 11.0 Å². The molecule has 1 atom stereocenters. The lowest BCUT2D eigenvalue weighted by atomic mass is 9.91. The van der Waals surface area contributed by atoms with Gasteiger partial charge < -0.3 is 14.6 Å². The number of morpholine rings is 1. The van der Waals surface area contributed by atoms with E-state index in [0.29, 0.717) is 5.92 Å². The number of hydrogen-bond donors (Lipinski definition) is 1. The number of aromatic amines is 1. The molecule has 6 nitrogen and oxygen atoms in total. The lowest BCUT2D eigenvalue weighted by molar-refractivity contribution is -0.130. The Balaban J connectivity index is 1.67. The summed E-state index contributed by atoms with van der Waals surface area (Å²) in [6, 6.07) is 4.16. The summed E-state index contributed by atoms with van der Waals surface area (Å²) < 4.78 is 5.49. The molecule has 0 spiro atoms. The van der Waals surface area contributed by atoms with Gasteiger partial charge in [-0.2, -0.15) is 0 Å². The van der Waals surface area contributed by atoms with Gasteiger partial charge in [0.2, 0.25) is 5.91 Å². The minimum absolute atomic E-state index is 0.175. The molecule has 1 N–H and O–H groups in total. The number of likely N-dealkylation sites (tertiary alicyclic amines) is 1. The molecule has 2 aromatic rings. The van der Waals surface area contributed by atoms with Crippen LogP contribution in [0.5, 0.6) is 0 Å². The highest BCUT2D eigenvalue weighted by molar-refractivity contribution is 5.81. The second kappa shape index (κ2) is 7.14. The topological polar surface area (TPSA) is 61.5 Å². The van der Waals surface area contributed by atoms with Crippen molar-refractivity contribution in [3.05, 3.63) is 29.6 Å². The Kier molecular flexibility index (Phi) is 4.72. The molecule has 0 saturated carbocycles. The fraction of sp³-hybridized carbons (Fsp3) is 0.579. The van der Waals surface area contributed by atoms with Crippen molar-refractivity contribution in [1.82, 2.24) is 19.8 Å². The van der Waals surface area contributed by atoms with Crippen molar-refractivity contribution in [2.45, 2.75) is 32.2 Å². The van der Waals surface area contributed by atoms with Crippen LogP contribution in [0.15, 0.2) is 18.3 Å². The third-order valence-electron chi connectivity index (χ3n) is 5.47. The normalized spacial score (nSPS) is 22.4. The van der Waals surface area contributed by atoms with E-state index in [2.05, 4.69) is 20.9 Å². The molecule has 0 aliphatic carbocycles. The summed E-state index contributed by atoms with van der Waals surface area (Å²) in [5.41, 5.74) is 3.58. The Morgan fingerprint density at radius 2 is 2.20 bits per heavy atom. The van der Waals surface area contributed by atoms with E-state index in [1.54, 1.807) is 6.92 Å². The number of aromatic nitrogens is 2. The van der Waals surface area contributed by atoms with Gasteiger partial charge >= 0.3 is 0 Å². The van der Waals surface area contributed by atoms with Gasteiger partial charge in [-0.15, -0.1) is 0 Å². The molecule has 2 aliphatic heterocycles. The molecule has 1 unspecified atom stereocenters. The van der Waals surface area contributed by atoms with Crippen molar-refractivity contribution in [3.8, 4) is 0 Å². The summed E-state index contributed by atoms with van der Waals surface area (Å²) in [6.45, 7) is 7.81. The van der Waals surface area contributed by atoms with Crippen LogP contribution in [-0.2, 0) is 16.1 Å². The highest BCUT2D eigenvalue weighted by atomic mass is 16.5. The molecular formula is C19H26N4O2. The smallest absolute Gasteiger partial charge is 0.219 e. The van der Waals surface area contributed by atoms with Crippen LogP contribution in [0.2, 0.25) is 0 Å². The molecule has 2 aromatic heterocycles. The summed E-state index contributed by atoms with van der Waals surface area (Å²) >= 11 is 0. The first-order valence-electron chi connectivity index (χ1n) is 9.23. The van der Waals surface area contributed by atoms with Crippen LogP contribution in [0.1, 0.15) is 36.9 Å². The number of H-pyrrole nitrogens is 1. The van der Waals surface area contributed by atoms with Gasteiger partial charge in [0, 0.05) is 62.8 Å². The number of carbonyl (C=O) groups is 1. The van der Waals surface area contributed by atoms with E-state index in [-0.39, 0.29) is 5.91 Å². The van der Waals surface area contributed by atoms with Crippen LogP contribution >= 0.6 is 0 Å². The molecule has 0 radical (unpaired) electrons. The van der Waals surface area contributed by atoms with Crippen LogP contribution in [0, 0.1) is 0 Å². The molecule has 6 heteroatoms. The minimum atomic E-state index is 0.175. The zero-order valence-electron chi connectivity index (χ0n) is 14.8. The molecule has 4 rings (SSSR count). The van der Waals surface area contributed by atoms with Crippen molar-refractivity contribution in [1.29, 1.82) is 0 Å². The fourth-order valence-corrected chi connectivity index (χ4v) is 4.10. The molecule has 2 aliphatic rings. The van der Waals surface area contributed by atoms with Crippen LogP contribution < -0.4 is 0 Å². The number of nitrogens with one attached hydrogen (secondary N) is 1. The summed E-state index contributed by atoms with van der Waals surface area (Å²) in [6.07, 6.45) is 4.01. The van der Waals surface area contributed by atoms with Gasteiger partial charge in [0.1, 0.15) is 5.65 Å². The van der Waals surface area contributed by atoms with Crippen LogP contribution in [0.3, 0.4) is 0 Å². The maximum absolute atomic E-state index is 11.8. The summed E-state index contributed by atoms with van der Waals surface area (Å²) in [5, 5.41) is 1.21. The van der Waals surface area contributed by atoms with E-state index in [1.165, 1.54) is 16.6 Å². The summed E-state index contributed by atoms with van der Waals surface area (Å²) in [7, 11) is 0. The number of nitrogens with zero attached hydrogens (tertiary/aromatic N) is 3. The predicted molar refractivity (Wildman–Crippen MR) is 96.4 cm³/mol. The SMILES string of the molecule is CC(=O)N1CCCC(c2[nH]c3ncccc3c2CN2CCOCC2)C1. The number of carbonyl (C=O) groups excluding carboxylic acids is 1. The zero-order chi connectivity index (χ0) is 17.2. The van der Waals surface area contributed by atoms with Crippen molar-refractivity contribution in [3.63, 3.8) is 0 Å². The Hall–Kier alpha value is -1.92. The number of amides is 1. The number of pyridine rings is 1. The number of hydrogen-bond acceptors (Lipinski definition) is 4. The average molecular weight is 342 g/mol.